The minimum Gasteiger partial charge on any atom is -0.508 e. The van der Waals surface area contributed by atoms with Crippen LogP contribution in [0.15, 0.2) is 28.8 Å². The van der Waals surface area contributed by atoms with Gasteiger partial charge in [-0.1, -0.05) is 5.16 Å². The summed E-state index contributed by atoms with van der Waals surface area (Å²) in [5.74, 6) is 1.07. The summed E-state index contributed by atoms with van der Waals surface area (Å²) in [6.07, 6.45) is 0. The fourth-order valence-electron chi connectivity index (χ4n) is 1.28. The molecule has 0 saturated carbocycles. The Morgan fingerprint density at radius 2 is 2.06 bits per heavy atom. The average Bonchev–Trinajstić information content (AvgIpc) is 2.79. The molecule has 6 nitrogen and oxygen atoms in total. The number of aromatic hydroxyl groups is 1. The van der Waals surface area contributed by atoms with Crippen LogP contribution in [0.5, 0.6) is 5.75 Å². The van der Waals surface area contributed by atoms with Crippen molar-refractivity contribution in [3.05, 3.63) is 30.2 Å². The highest BCUT2D eigenvalue weighted by molar-refractivity contribution is 5.55. The largest absolute Gasteiger partial charge is 0.508 e. The average molecular weight is 235 g/mol. The van der Waals surface area contributed by atoms with Gasteiger partial charge in [0.15, 0.2) is 0 Å². The van der Waals surface area contributed by atoms with E-state index in [-0.39, 0.29) is 12.4 Å². The molecular weight excluding hydrogens is 222 g/mol. The van der Waals surface area contributed by atoms with Crippen LogP contribution in [0, 0.1) is 0 Å². The highest BCUT2D eigenvalue weighted by Gasteiger charge is 2.08. The number of benzene rings is 1. The van der Waals surface area contributed by atoms with Crippen LogP contribution in [0.1, 0.15) is 5.89 Å². The molecule has 2 rings (SSSR count). The molecule has 6 heteroatoms. The normalized spacial score (nSPS) is 10.6. The Hall–Kier alpha value is -1.92. The van der Waals surface area contributed by atoms with Gasteiger partial charge in [-0.2, -0.15) is 4.98 Å². The summed E-state index contributed by atoms with van der Waals surface area (Å²) in [6, 6.07) is 6.56. The van der Waals surface area contributed by atoms with Gasteiger partial charge in [-0.15, -0.1) is 0 Å². The van der Waals surface area contributed by atoms with Gasteiger partial charge in [0.05, 0.1) is 6.61 Å². The molecule has 0 aliphatic rings. The van der Waals surface area contributed by atoms with E-state index in [2.05, 4.69) is 10.1 Å². The summed E-state index contributed by atoms with van der Waals surface area (Å²) >= 11 is 0. The highest BCUT2D eigenvalue weighted by Crippen LogP contribution is 2.18. The third-order valence-electron chi connectivity index (χ3n) is 2.08. The summed E-state index contributed by atoms with van der Waals surface area (Å²) in [6.45, 7) is 1.16. The summed E-state index contributed by atoms with van der Waals surface area (Å²) in [4.78, 5) is 4.16. The zero-order valence-electron chi connectivity index (χ0n) is 9.17. The predicted octanol–water partition coefficient (Wildman–Crippen LogP) is 0.917. The number of nitrogens with zero attached hydrogens (tertiary/aromatic N) is 2. The van der Waals surface area contributed by atoms with E-state index < -0.39 is 0 Å². The second-order valence-corrected chi connectivity index (χ2v) is 3.40. The van der Waals surface area contributed by atoms with Gasteiger partial charge in [0.25, 0.3) is 5.89 Å². The molecule has 1 heterocycles. The lowest BCUT2D eigenvalue weighted by Crippen LogP contribution is -2.08. The molecule has 90 valence electrons. The lowest BCUT2D eigenvalue weighted by molar-refractivity contribution is 0.104. The lowest BCUT2D eigenvalue weighted by Gasteiger charge is -1.95. The fraction of sp³-hybridized carbons (Fsp3) is 0.273. The number of hydrogen-bond donors (Lipinski definition) is 2. The minimum atomic E-state index is 0.198. The highest BCUT2D eigenvalue weighted by atomic mass is 16.5. The summed E-state index contributed by atoms with van der Waals surface area (Å²) in [7, 11) is 0. The zero-order chi connectivity index (χ0) is 12.1. The Bertz CT molecular complexity index is 467. The van der Waals surface area contributed by atoms with Crippen molar-refractivity contribution in [2.75, 3.05) is 13.2 Å². The van der Waals surface area contributed by atoms with E-state index in [1.807, 2.05) is 0 Å². The quantitative estimate of drug-likeness (QED) is 0.748. The minimum absolute atomic E-state index is 0.198. The third-order valence-corrected chi connectivity index (χ3v) is 2.08. The lowest BCUT2D eigenvalue weighted by atomic mass is 10.2. The van der Waals surface area contributed by atoms with Crippen molar-refractivity contribution in [2.24, 2.45) is 5.73 Å². The molecule has 0 radical (unpaired) electrons. The number of hydrogen-bond acceptors (Lipinski definition) is 6. The molecule has 0 spiro atoms. The van der Waals surface area contributed by atoms with Crippen molar-refractivity contribution >= 4 is 0 Å². The van der Waals surface area contributed by atoms with E-state index in [0.29, 0.717) is 24.9 Å². The first-order chi connectivity index (χ1) is 8.29. The summed E-state index contributed by atoms with van der Waals surface area (Å²) in [5.41, 5.74) is 6.06. The van der Waals surface area contributed by atoms with Gasteiger partial charge in [-0.05, 0) is 24.3 Å². The Morgan fingerprint density at radius 1 is 1.29 bits per heavy atom. The first-order valence-corrected chi connectivity index (χ1v) is 5.19. The van der Waals surface area contributed by atoms with Crippen molar-refractivity contribution < 1.29 is 14.4 Å². The molecule has 1 aromatic carbocycles. The second kappa shape index (κ2) is 5.42. The predicted molar refractivity (Wildman–Crippen MR) is 60.1 cm³/mol. The van der Waals surface area contributed by atoms with Crippen LogP contribution in [0.3, 0.4) is 0 Å². The molecule has 0 atom stereocenters. The molecule has 3 N–H and O–H groups in total. The van der Waals surface area contributed by atoms with Crippen LogP contribution in [0.4, 0.5) is 0 Å². The van der Waals surface area contributed by atoms with E-state index in [1.165, 1.54) is 0 Å². The number of ether oxygens (including phenoxy) is 1. The Balaban J connectivity index is 2.04. The maximum absolute atomic E-state index is 9.16. The van der Waals surface area contributed by atoms with E-state index in [0.717, 1.165) is 5.56 Å². The Kier molecular flexibility index (Phi) is 3.69. The number of nitrogens with two attached hydrogens (primary N) is 1. The van der Waals surface area contributed by atoms with E-state index in [1.54, 1.807) is 24.3 Å². The number of phenolic OH excluding ortho intramolecular Hbond substituents is 1. The molecule has 17 heavy (non-hydrogen) atoms. The molecular formula is C11H13N3O3. The second-order valence-electron chi connectivity index (χ2n) is 3.40. The summed E-state index contributed by atoms with van der Waals surface area (Å²) in [5, 5.41) is 13.0. The van der Waals surface area contributed by atoms with Gasteiger partial charge < -0.3 is 20.1 Å². The van der Waals surface area contributed by atoms with Gasteiger partial charge in [0.1, 0.15) is 12.4 Å². The van der Waals surface area contributed by atoms with Gasteiger partial charge in [-0.25, -0.2) is 0 Å². The van der Waals surface area contributed by atoms with E-state index in [4.69, 9.17) is 20.1 Å². The molecule has 1 aromatic heterocycles. The summed E-state index contributed by atoms with van der Waals surface area (Å²) < 4.78 is 10.2. The van der Waals surface area contributed by atoms with Gasteiger partial charge >= 0.3 is 0 Å². The van der Waals surface area contributed by atoms with Crippen LogP contribution in [0.2, 0.25) is 0 Å². The monoisotopic (exact) mass is 235 g/mol. The zero-order valence-corrected chi connectivity index (χ0v) is 9.17. The Morgan fingerprint density at radius 3 is 2.76 bits per heavy atom. The molecule has 0 bridgehead atoms. The maximum atomic E-state index is 9.16. The fourth-order valence-corrected chi connectivity index (χ4v) is 1.28. The molecule has 0 aliphatic carbocycles. The maximum Gasteiger partial charge on any atom is 0.252 e. The van der Waals surface area contributed by atoms with Crippen molar-refractivity contribution in [3.63, 3.8) is 0 Å². The Labute approximate surface area is 98.0 Å². The first-order valence-electron chi connectivity index (χ1n) is 5.19. The molecule has 2 aromatic rings. The SMILES string of the molecule is NCCOCc1nc(-c2ccc(O)cc2)no1. The van der Waals surface area contributed by atoms with Crippen molar-refractivity contribution in [2.45, 2.75) is 6.61 Å². The van der Waals surface area contributed by atoms with Crippen LogP contribution in [-0.2, 0) is 11.3 Å². The van der Waals surface area contributed by atoms with Crippen LogP contribution >= 0.6 is 0 Å². The molecule has 0 saturated heterocycles. The molecule has 0 fully saturated rings. The van der Waals surface area contributed by atoms with Crippen molar-refractivity contribution in [1.29, 1.82) is 0 Å². The van der Waals surface area contributed by atoms with Crippen LogP contribution in [0.25, 0.3) is 11.4 Å². The van der Waals surface area contributed by atoms with Crippen molar-refractivity contribution in [3.8, 4) is 17.1 Å². The standard InChI is InChI=1S/C11H13N3O3/c12-5-6-16-7-10-13-11(14-17-10)8-1-3-9(15)4-2-8/h1-4,15H,5-7,12H2. The van der Waals surface area contributed by atoms with Gasteiger partial charge in [0, 0.05) is 12.1 Å². The molecule has 0 aliphatic heterocycles. The number of phenols is 1. The van der Waals surface area contributed by atoms with Crippen molar-refractivity contribution in [1.82, 2.24) is 10.1 Å². The van der Waals surface area contributed by atoms with Crippen LogP contribution in [-0.4, -0.2) is 28.4 Å². The van der Waals surface area contributed by atoms with Gasteiger partial charge in [0.2, 0.25) is 5.82 Å². The topological polar surface area (TPSA) is 94.4 Å². The number of aromatic nitrogens is 2. The van der Waals surface area contributed by atoms with Gasteiger partial charge in [-0.3, -0.25) is 0 Å². The first kappa shape index (κ1) is 11.6. The van der Waals surface area contributed by atoms with E-state index in [9.17, 15) is 0 Å². The van der Waals surface area contributed by atoms with Crippen LogP contribution < -0.4 is 5.73 Å². The molecule has 0 amide bonds. The van der Waals surface area contributed by atoms with E-state index >= 15 is 0 Å². The number of rotatable bonds is 5. The molecule has 0 unspecified atom stereocenters. The smallest absolute Gasteiger partial charge is 0.252 e. The third kappa shape index (κ3) is 3.02.